The number of hydrogen-bond acceptors (Lipinski definition) is 6. The molecule has 0 saturated carbocycles. The Morgan fingerprint density at radius 1 is 1.12 bits per heavy atom. The first-order valence-electron chi connectivity index (χ1n) is 7.46. The van der Waals surface area contributed by atoms with Crippen LogP contribution in [0.5, 0.6) is 0 Å². The fourth-order valence-electron chi connectivity index (χ4n) is 2.18. The van der Waals surface area contributed by atoms with Crippen LogP contribution in [0.25, 0.3) is 10.6 Å². The first-order chi connectivity index (χ1) is 12.0. The predicted octanol–water partition coefficient (Wildman–Crippen LogP) is 3.53. The van der Waals surface area contributed by atoms with Gasteiger partial charge < -0.3 is 4.90 Å². The molecule has 0 fully saturated rings. The van der Waals surface area contributed by atoms with Crippen LogP contribution in [-0.2, 0) is 0 Å². The molecule has 3 rings (SSSR count). The topological polar surface area (TPSA) is 75.2 Å². The molecule has 0 aliphatic heterocycles. The van der Waals surface area contributed by atoms with Gasteiger partial charge in [-0.05, 0) is 30.5 Å². The minimum Gasteiger partial charge on any atom is -0.343 e. The third-order valence-corrected chi connectivity index (χ3v) is 5.10. The van der Waals surface area contributed by atoms with Gasteiger partial charge in [0, 0.05) is 19.5 Å². The maximum absolute atomic E-state index is 12.5. The van der Waals surface area contributed by atoms with Crippen LogP contribution in [0.15, 0.2) is 35.0 Å². The highest BCUT2D eigenvalue weighted by Crippen LogP contribution is 2.28. The summed E-state index contributed by atoms with van der Waals surface area (Å²) in [4.78, 5) is 35.6. The smallest absolute Gasteiger partial charge is 0.271 e. The van der Waals surface area contributed by atoms with Gasteiger partial charge in [-0.1, -0.05) is 6.07 Å². The van der Waals surface area contributed by atoms with Crippen molar-refractivity contribution in [2.24, 2.45) is 0 Å². The molecule has 128 valence electrons. The third kappa shape index (κ3) is 3.75. The Hall–Kier alpha value is -2.58. The molecule has 0 saturated heterocycles. The van der Waals surface area contributed by atoms with Crippen LogP contribution in [0.1, 0.15) is 26.5 Å². The summed E-state index contributed by atoms with van der Waals surface area (Å²) < 4.78 is 0. The minimum absolute atomic E-state index is 0.199. The molecule has 0 bridgehead atoms. The van der Waals surface area contributed by atoms with Crippen molar-refractivity contribution in [3.8, 4) is 10.6 Å². The Bertz CT molecular complexity index is 917. The number of aryl methyl sites for hydroxylation is 1. The summed E-state index contributed by atoms with van der Waals surface area (Å²) in [7, 11) is 3.32. The van der Waals surface area contributed by atoms with Gasteiger partial charge in [0.1, 0.15) is 5.69 Å². The van der Waals surface area contributed by atoms with E-state index in [0.29, 0.717) is 22.1 Å². The average Bonchev–Trinajstić information content (AvgIpc) is 3.24. The molecule has 0 unspecified atom stereocenters. The van der Waals surface area contributed by atoms with Crippen LogP contribution in [0.3, 0.4) is 0 Å². The Kier molecular flexibility index (Phi) is 4.91. The van der Waals surface area contributed by atoms with Crippen molar-refractivity contribution in [1.29, 1.82) is 0 Å². The molecule has 0 aliphatic carbocycles. The van der Waals surface area contributed by atoms with Gasteiger partial charge in [-0.2, -0.15) is 0 Å². The molecule has 0 aromatic carbocycles. The number of anilines is 1. The number of nitrogens with zero attached hydrogens (tertiary/aromatic N) is 3. The van der Waals surface area contributed by atoms with Crippen molar-refractivity contribution in [3.05, 3.63) is 52.0 Å². The zero-order chi connectivity index (χ0) is 18.0. The minimum atomic E-state index is -0.291. The molecule has 3 aromatic rings. The SMILES string of the molecule is Cc1nc(C(=O)N(C)C)ccc1C(=O)Nc1nc(-c2cccs2)cs1. The van der Waals surface area contributed by atoms with Gasteiger partial charge >= 0.3 is 0 Å². The quantitative estimate of drug-likeness (QED) is 0.760. The second-order valence-corrected chi connectivity index (χ2v) is 7.30. The fraction of sp³-hybridized carbons (Fsp3) is 0.176. The van der Waals surface area contributed by atoms with E-state index in [9.17, 15) is 9.59 Å². The number of thiophene rings is 1. The van der Waals surface area contributed by atoms with Crippen molar-refractivity contribution < 1.29 is 9.59 Å². The molecular formula is C17H16N4O2S2. The standard InChI is InChI=1S/C17H16N4O2S2/c1-10-11(6-7-12(18-10)16(23)21(2)3)15(22)20-17-19-13(9-25-17)14-5-4-8-24-14/h4-9H,1-3H3,(H,19,20,22). The van der Waals surface area contributed by atoms with Crippen molar-refractivity contribution in [2.45, 2.75) is 6.92 Å². The number of carbonyl (C=O) groups excluding carboxylic acids is 2. The molecule has 8 heteroatoms. The van der Waals surface area contributed by atoms with Gasteiger partial charge in [0.15, 0.2) is 5.13 Å². The van der Waals surface area contributed by atoms with Crippen molar-refractivity contribution >= 4 is 39.6 Å². The predicted molar refractivity (Wildman–Crippen MR) is 100 cm³/mol. The van der Waals surface area contributed by atoms with Crippen LogP contribution in [0.2, 0.25) is 0 Å². The number of carbonyl (C=O) groups is 2. The Labute approximate surface area is 153 Å². The molecule has 6 nitrogen and oxygen atoms in total. The van der Waals surface area contributed by atoms with E-state index in [1.54, 1.807) is 44.5 Å². The summed E-state index contributed by atoms with van der Waals surface area (Å²) >= 11 is 2.97. The zero-order valence-corrected chi connectivity index (χ0v) is 15.6. The number of thiazole rings is 1. The molecule has 1 N–H and O–H groups in total. The van der Waals surface area contributed by atoms with E-state index in [0.717, 1.165) is 10.6 Å². The van der Waals surface area contributed by atoms with Gasteiger partial charge in [0.05, 0.1) is 21.8 Å². The van der Waals surface area contributed by atoms with E-state index in [4.69, 9.17) is 0 Å². The van der Waals surface area contributed by atoms with Gasteiger partial charge in [0.2, 0.25) is 0 Å². The molecule has 0 spiro atoms. The molecule has 25 heavy (non-hydrogen) atoms. The number of nitrogens with one attached hydrogen (secondary N) is 1. The Balaban J connectivity index is 1.76. The van der Waals surface area contributed by atoms with Gasteiger partial charge in [-0.25, -0.2) is 9.97 Å². The molecule has 0 atom stereocenters. The lowest BCUT2D eigenvalue weighted by Gasteiger charge is -2.11. The summed E-state index contributed by atoms with van der Waals surface area (Å²) in [5.41, 5.74) is 2.08. The lowest BCUT2D eigenvalue weighted by Crippen LogP contribution is -2.23. The van der Waals surface area contributed by atoms with Crippen LogP contribution < -0.4 is 5.32 Å². The molecule has 2 amide bonds. The highest BCUT2D eigenvalue weighted by Gasteiger charge is 2.16. The van der Waals surface area contributed by atoms with Crippen molar-refractivity contribution in [2.75, 3.05) is 19.4 Å². The molecular weight excluding hydrogens is 356 g/mol. The van der Waals surface area contributed by atoms with Crippen LogP contribution in [0, 0.1) is 6.92 Å². The van der Waals surface area contributed by atoms with E-state index in [1.807, 2.05) is 22.9 Å². The maximum Gasteiger partial charge on any atom is 0.271 e. The summed E-state index contributed by atoms with van der Waals surface area (Å²) in [6, 6.07) is 7.12. The molecule has 0 aliphatic rings. The normalized spacial score (nSPS) is 10.5. The van der Waals surface area contributed by atoms with Crippen LogP contribution >= 0.6 is 22.7 Å². The van der Waals surface area contributed by atoms with Crippen molar-refractivity contribution in [3.63, 3.8) is 0 Å². The lowest BCUT2D eigenvalue weighted by atomic mass is 10.1. The second kappa shape index (κ2) is 7.12. The van der Waals surface area contributed by atoms with E-state index < -0.39 is 0 Å². The van der Waals surface area contributed by atoms with E-state index in [1.165, 1.54) is 16.2 Å². The summed E-state index contributed by atoms with van der Waals surface area (Å²) in [5, 5.41) is 7.21. The van der Waals surface area contributed by atoms with E-state index in [2.05, 4.69) is 15.3 Å². The lowest BCUT2D eigenvalue weighted by molar-refractivity contribution is 0.0821. The number of aromatic nitrogens is 2. The average molecular weight is 372 g/mol. The first-order valence-corrected chi connectivity index (χ1v) is 9.21. The highest BCUT2D eigenvalue weighted by molar-refractivity contribution is 7.16. The van der Waals surface area contributed by atoms with Gasteiger partial charge in [-0.3, -0.25) is 14.9 Å². The summed E-state index contributed by atoms with van der Waals surface area (Å²) in [5.74, 6) is -0.489. The monoisotopic (exact) mass is 372 g/mol. The van der Waals surface area contributed by atoms with Crippen molar-refractivity contribution in [1.82, 2.24) is 14.9 Å². The fourth-order valence-corrected chi connectivity index (χ4v) is 3.65. The van der Waals surface area contributed by atoms with Crippen LogP contribution in [0.4, 0.5) is 5.13 Å². The molecule has 3 heterocycles. The first kappa shape index (κ1) is 17.2. The number of amides is 2. The summed E-state index contributed by atoms with van der Waals surface area (Å²) in [6.45, 7) is 1.71. The number of rotatable bonds is 4. The van der Waals surface area contributed by atoms with Crippen LogP contribution in [-0.4, -0.2) is 40.8 Å². The maximum atomic E-state index is 12.5. The zero-order valence-electron chi connectivity index (χ0n) is 13.9. The molecule has 3 aromatic heterocycles. The van der Waals surface area contributed by atoms with Gasteiger partial charge in [-0.15, -0.1) is 22.7 Å². The highest BCUT2D eigenvalue weighted by atomic mass is 32.1. The van der Waals surface area contributed by atoms with E-state index >= 15 is 0 Å². The second-order valence-electron chi connectivity index (χ2n) is 5.50. The number of pyridine rings is 1. The Morgan fingerprint density at radius 3 is 2.56 bits per heavy atom. The largest absolute Gasteiger partial charge is 0.343 e. The van der Waals surface area contributed by atoms with E-state index in [-0.39, 0.29) is 11.8 Å². The Morgan fingerprint density at radius 2 is 1.92 bits per heavy atom. The van der Waals surface area contributed by atoms with Gasteiger partial charge in [0.25, 0.3) is 11.8 Å². The number of hydrogen-bond donors (Lipinski definition) is 1. The third-order valence-electron chi connectivity index (χ3n) is 3.45. The molecule has 0 radical (unpaired) electrons. The summed E-state index contributed by atoms with van der Waals surface area (Å²) in [6.07, 6.45) is 0.